The number of ether oxygens (including phenoxy) is 2. The number of nitrogens with one attached hydrogen (secondary N) is 3. The fraction of sp³-hybridized carbons (Fsp3) is 0.652. The normalized spacial score (nSPS) is 16.1. The number of rotatable bonds is 11. The van der Waals surface area contributed by atoms with Crippen LogP contribution < -0.4 is 20.7 Å². The van der Waals surface area contributed by atoms with Crippen molar-refractivity contribution < 1.29 is 14.3 Å². The molecule has 1 atom stereocenters. The van der Waals surface area contributed by atoms with E-state index >= 15 is 0 Å². The van der Waals surface area contributed by atoms with Crippen molar-refractivity contribution in [1.29, 1.82) is 0 Å². The number of methoxy groups -OCH3 is 1. The molecule has 0 aliphatic carbocycles. The maximum absolute atomic E-state index is 12.2. The number of hydrogen-bond acceptors (Lipinski definition) is 5. The molecule has 0 aromatic heterocycles. The molecule has 31 heavy (non-hydrogen) atoms. The molecule has 0 saturated carbocycles. The fourth-order valence-electron chi connectivity index (χ4n) is 3.96. The molecule has 1 aliphatic heterocycles. The highest BCUT2D eigenvalue weighted by Gasteiger charge is 2.26. The van der Waals surface area contributed by atoms with Gasteiger partial charge in [0.15, 0.2) is 5.96 Å². The van der Waals surface area contributed by atoms with Gasteiger partial charge in [0, 0.05) is 51.4 Å². The smallest absolute Gasteiger partial charge is 0.251 e. The van der Waals surface area contributed by atoms with Gasteiger partial charge in [-0.1, -0.05) is 26.7 Å². The van der Waals surface area contributed by atoms with E-state index in [0.29, 0.717) is 30.6 Å². The first-order chi connectivity index (χ1) is 15.1. The van der Waals surface area contributed by atoms with Crippen LogP contribution >= 0.6 is 0 Å². The van der Waals surface area contributed by atoms with Gasteiger partial charge in [-0.15, -0.1) is 0 Å². The van der Waals surface area contributed by atoms with E-state index in [1.165, 1.54) is 0 Å². The highest BCUT2D eigenvalue weighted by molar-refractivity contribution is 5.94. The molecule has 3 N–H and O–H groups in total. The lowest BCUT2D eigenvalue weighted by molar-refractivity contribution is 0.00272. The number of guanidine groups is 1. The van der Waals surface area contributed by atoms with Crippen LogP contribution in [0.3, 0.4) is 0 Å². The predicted molar refractivity (Wildman–Crippen MR) is 125 cm³/mol. The van der Waals surface area contributed by atoms with Crippen molar-refractivity contribution in [3.63, 3.8) is 0 Å². The second-order valence-corrected chi connectivity index (χ2v) is 7.66. The average molecular weight is 434 g/mol. The standard InChI is InChI=1S/C23H39N5O3/c1-5-18(6-2)21(28-13-15-31-16-14-28)17-27-23(24-3)26-12-11-25-22(29)19-7-9-20(30-4)10-8-19/h7-10,18,21H,5-6,11-17H2,1-4H3,(H,25,29)(H2,24,26,27). The van der Waals surface area contributed by atoms with Crippen LogP contribution in [0.15, 0.2) is 29.3 Å². The van der Waals surface area contributed by atoms with E-state index in [9.17, 15) is 4.79 Å². The van der Waals surface area contributed by atoms with Crippen LogP contribution in [0.1, 0.15) is 37.0 Å². The van der Waals surface area contributed by atoms with Gasteiger partial charge in [-0.3, -0.25) is 14.7 Å². The van der Waals surface area contributed by atoms with E-state index in [4.69, 9.17) is 9.47 Å². The molecule has 1 heterocycles. The van der Waals surface area contributed by atoms with Gasteiger partial charge in [-0.05, 0) is 30.2 Å². The maximum atomic E-state index is 12.2. The van der Waals surface area contributed by atoms with Crippen molar-refractivity contribution in [3.05, 3.63) is 29.8 Å². The number of carbonyl (C=O) groups excluding carboxylic acids is 1. The van der Waals surface area contributed by atoms with Crippen molar-refractivity contribution in [2.24, 2.45) is 10.9 Å². The second kappa shape index (κ2) is 13.9. The summed E-state index contributed by atoms with van der Waals surface area (Å²) >= 11 is 0. The van der Waals surface area contributed by atoms with Crippen molar-refractivity contribution in [2.45, 2.75) is 32.7 Å². The van der Waals surface area contributed by atoms with Crippen LogP contribution in [-0.2, 0) is 4.74 Å². The van der Waals surface area contributed by atoms with Crippen LogP contribution in [0.25, 0.3) is 0 Å². The Labute approximate surface area is 186 Å². The predicted octanol–water partition coefficient (Wildman–Crippen LogP) is 1.73. The van der Waals surface area contributed by atoms with E-state index in [0.717, 1.165) is 57.4 Å². The van der Waals surface area contributed by atoms with Gasteiger partial charge < -0.3 is 25.4 Å². The van der Waals surface area contributed by atoms with Crippen LogP contribution in [0.2, 0.25) is 0 Å². The largest absolute Gasteiger partial charge is 0.497 e. The zero-order chi connectivity index (χ0) is 22.5. The summed E-state index contributed by atoms with van der Waals surface area (Å²) in [7, 11) is 3.38. The quantitative estimate of drug-likeness (QED) is 0.280. The third kappa shape index (κ3) is 8.03. The highest BCUT2D eigenvalue weighted by atomic mass is 16.5. The Morgan fingerprint density at radius 2 is 1.74 bits per heavy atom. The minimum absolute atomic E-state index is 0.103. The van der Waals surface area contributed by atoms with Crippen LogP contribution in [0.4, 0.5) is 0 Å². The lowest BCUT2D eigenvalue weighted by Gasteiger charge is -2.39. The molecular formula is C23H39N5O3. The Bertz CT molecular complexity index is 670. The second-order valence-electron chi connectivity index (χ2n) is 7.66. The van der Waals surface area contributed by atoms with Crippen LogP contribution in [0, 0.1) is 5.92 Å². The van der Waals surface area contributed by atoms with Gasteiger partial charge in [-0.25, -0.2) is 0 Å². The molecule has 174 valence electrons. The summed E-state index contributed by atoms with van der Waals surface area (Å²) in [6.07, 6.45) is 2.31. The third-order valence-corrected chi connectivity index (χ3v) is 5.87. The third-order valence-electron chi connectivity index (χ3n) is 5.87. The van der Waals surface area contributed by atoms with Crippen LogP contribution in [0.5, 0.6) is 5.75 Å². The van der Waals surface area contributed by atoms with E-state index in [1.54, 1.807) is 38.4 Å². The summed E-state index contributed by atoms with van der Waals surface area (Å²) in [6.45, 7) is 10.0. The summed E-state index contributed by atoms with van der Waals surface area (Å²) in [4.78, 5) is 19.1. The van der Waals surface area contributed by atoms with Crippen molar-refractivity contribution in [3.8, 4) is 5.75 Å². The Morgan fingerprint density at radius 3 is 2.32 bits per heavy atom. The van der Waals surface area contributed by atoms with E-state index in [2.05, 4.69) is 39.7 Å². The molecular weight excluding hydrogens is 394 g/mol. The van der Waals surface area contributed by atoms with Crippen molar-refractivity contribution in [1.82, 2.24) is 20.9 Å². The Hall–Kier alpha value is -2.32. The number of aliphatic imine (C=N–C) groups is 1. The molecule has 8 nitrogen and oxygen atoms in total. The van der Waals surface area contributed by atoms with E-state index in [-0.39, 0.29) is 5.91 Å². The number of nitrogens with zero attached hydrogens (tertiary/aromatic N) is 2. The van der Waals surface area contributed by atoms with Gasteiger partial charge in [0.05, 0.1) is 20.3 Å². The topological polar surface area (TPSA) is 87.2 Å². The lowest BCUT2D eigenvalue weighted by atomic mass is 9.92. The molecule has 0 spiro atoms. The molecule has 0 radical (unpaired) electrons. The number of carbonyl (C=O) groups is 1. The molecule has 0 bridgehead atoms. The molecule has 8 heteroatoms. The van der Waals surface area contributed by atoms with E-state index < -0.39 is 0 Å². The number of hydrogen-bond donors (Lipinski definition) is 3. The zero-order valence-corrected chi connectivity index (χ0v) is 19.4. The summed E-state index contributed by atoms with van der Waals surface area (Å²) in [5, 5.41) is 9.69. The Morgan fingerprint density at radius 1 is 1.10 bits per heavy atom. The monoisotopic (exact) mass is 433 g/mol. The molecule has 1 unspecified atom stereocenters. The fourth-order valence-corrected chi connectivity index (χ4v) is 3.96. The number of benzene rings is 1. The number of amides is 1. The van der Waals surface area contributed by atoms with Gasteiger partial charge in [0.1, 0.15) is 5.75 Å². The first kappa shape index (κ1) is 24.9. The van der Waals surface area contributed by atoms with Gasteiger partial charge in [-0.2, -0.15) is 0 Å². The van der Waals surface area contributed by atoms with Crippen molar-refractivity contribution in [2.75, 3.05) is 60.1 Å². The highest BCUT2D eigenvalue weighted by Crippen LogP contribution is 2.19. The minimum Gasteiger partial charge on any atom is -0.497 e. The first-order valence-corrected chi connectivity index (χ1v) is 11.3. The molecule has 1 aromatic carbocycles. The molecule has 1 aliphatic rings. The molecule has 1 fully saturated rings. The van der Waals surface area contributed by atoms with E-state index in [1.807, 2.05) is 0 Å². The molecule has 1 saturated heterocycles. The minimum atomic E-state index is -0.103. The van der Waals surface area contributed by atoms with Gasteiger partial charge >= 0.3 is 0 Å². The average Bonchev–Trinajstić information content (AvgIpc) is 2.83. The first-order valence-electron chi connectivity index (χ1n) is 11.3. The summed E-state index contributed by atoms with van der Waals surface area (Å²) in [5.74, 6) is 2.01. The van der Waals surface area contributed by atoms with Gasteiger partial charge in [0.25, 0.3) is 5.91 Å². The Balaban J connectivity index is 1.77. The van der Waals surface area contributed by atoms with Gasteiger partial charge in [0.2, 0.25) is 0 Å². The lowest BCUT2D eigenvalue weighted by Crippen LogP contribution is -2.53. The zero-order valence-electron chi connectivity index (χ0n) is 19.4. The molecule has 1 amide bonds. The SMILES string of the molecule is CCC(CC)C(CNC(=NC)NCCNC(=O)c1ccc(OC)cc1)N1CCOCC1. The molecule has 2 rings (SSSR count). The maximum Gasteiger partial charge on any atom is 0.251 e. The molecule has 1 aromatic rings. The van der Waals surface area contributed by atoms with Crippen molar-refractivity contribution >= 4 is 11.9 Å². The summed E-state index contributed by atoms with van der Waals surface area (Å²) in [5.41, 5.74) is 0.613. The summed E-state index contributed by atoms with van der Waals surface area (Å²) in [6, 6.07) is 7.53. The Kier molecular flexibility index (Phi) is 11.2. The van der Waals surface area contributed by atoms with Crippen LogP contribution in [-0.4, -0.2) is 82.9 Å². The summed E-state index contributed by atoms with van der Waals surface area (Å²) < 4.78 is 10.7. The number of morpholine rings is 1.